The number of nitrogens with zero attached hydrogens (tertiary/aromatic N) is 12. The van der Waals surface area contributed by atoms with E-state index in [0.29, 0.717) is 28.8 Å². The maximum atomic E-state index is 13.3. The van der Waals surface area contributed by atoms with Crippen molar-refractivity contribution in [1.29, 1.82) is 0 Å². The number of rotatable bonds is 15. The number of aromatic nitrogens is 2. The molecule has 1 saturated carbocycles. The third-order valence-electron chi connectivity index (χ3n) is 25.9. The van der Waals surface area contributed by atoms with E-state index >= 15 is 0 Å². The van der Waals surface area contributed by atoms with Crippen molar-refractivity contribution in [3.8, 4) is 33.8 Å². The lowest BCUT2D eigenvalue weighted by Gasteiger charge is -2.41. The molecule has 9 heterocycles. The fourth-order valence-corrected chi connectivity index (χ4v) is 19.5. The summed E-state index contributed by atoms with van der Waals surface area (Å²) in [5.41, 5.74) is 30.9. The Hall–Kier alpha value is -13.8. The highest BCUT2D eigenvalue weighted by Gasteiger charge is 2.56. The van der Waals surface area contributed by atoms with Crippen LogP contribution in [0, 0.1) is 5.92 Å². The topological polar surface area (TPSA) is 379 Å². The molecule has 754 valence electrons. The highest BCUT2D eigenvalue weighted by molar-refractivity contribution is 9.10. The lowest BCUT2D eigenvalue weighted by atomic mass is 9.72. The van der Waals surface area contributed by atoms with Crippen LogP contribution in [-0.2, 0) is 69.3 Å². The van der Waals surface area contributed by atoms with E-state index < -0.39 is 99.2 Å². The Morgan fingerprint density at radius 3 is 1.41 bits per heavy atom. The summed E-state index contributed by atoms with van der Waals surface area (Å²) >= 11 is 11.3. The maximum Gasteiger partial charge on any atom is 0.573 e. The minimum Gasteiger partial charge on any atom is -0.406 e. The van der Waals surface area contributed by atoms with Gasteiger partial charge in [-0.1, -0.05) is 154 Å². The van der Waals surface area contributed by atoms with Gasteiger partial charge in [-0.25, -0.2) is 25.0 Å². The average molecular weight is 2090 g/mol. The van der Waals surface area contributed by atoms with Crippen molar-refractivity contribution in [1.82, 2.24) is 45.1 Å². The number of hydrogen-bond acceptors (Lipinski definition) is 22. The molecule has 2 unspecified atom stereocenters. The van der Waals surface area contributed by atoms with E-state index in [1.807, 2.05) is 122 Å². The minimum atomic E-state index is -4.94. The first-order valence-corrected chi connectivity index (χ1v) is 46.8. The van der Waals surface area contributed by atoms with Crippen molar-refractivity contribution >= 4 is 104 Å². The van der Waals surface area contributed by atoms with Gasteiger partial charge in [0.15, 0.2) is 35.3 Å². The number of hydrogen-bond donors (Lipinski definition) is 7. The van der Waals surface area contributed by atoms with Crippen LogP contribution in [0.3, 0.4) is 0 Å². The number of benzene rings is 7. The Morgan fingerprint density at radius 1 is 0.503 bits per heavy atom. The number of guanidine groups is 5. The minimum absolute atomic E-state index is 0.0363. The number of halogens is 14. The molecule has 1 saturated heterocycles. The normalized spacial score (nSPS) is 23.2. The van der Waals surface area contributed by atoms with Crippen molar-refractivity contribution < 1.29 is 90.9 Å². The number of pyridine rings is 2. The van der Waals surface area contributed by atoms with Crippen molar-refractivity contribution in [2.45, 2.75) is 163 Å². The number of aliphatic imine (C=N–C) groups is 5. The van der Waals surface area contributed by atoms with Crippen LogP contribution in [0.2, 0.25) is 5.02 Å². The molecule has 27 nitrogen and oxygen atoms in total. The summed E-state index contributed by atoms with van der Waals surface area (Å²) in [4.78, 5) is 114. The number of alkyl halides is 12. The van der Waals surface area contributed by atoms with Crippen LogP contribution in [0.5, 0.6) is 11.5 Å². The van der Waals surface area contributed by atoms with Gasteiger partial charge < -0.3 is 48.8 Å². The molecule has 7 aliphatic rings. The van der Waals surface area contributed by atoms with Crippen molar-refractivity contribution in [2.24, 2.45) is 59.5 Å². The van der Waals surface area contributed by atoms with Gasteiger partial charge in [-0.2, -0.15) is 26.3 Å². The molecule has 0 radical (unpaired) electrons. The fourth-order valence-electron chi connectivity index (χ4n) is 17.7. The molecule has 2 fully saturated rings. The standard InChI is InChI=1S/C22H24N4O2.C21H23ClN4O.C20H24BrN3OS.2C19H16F6N4O2/c1-22(13-19(27)26(2)21(23)25-22)17-8-4-6-15(12-17)14-5-3-7-16(11-14)20(28)24-18-9-10-18;1-26-19(27)21(25-20(26)23,17-8-4-10-24-13-17)16-7-2-5-14(11-16)15-6-3-9-18(22)12-15;1-19(2,3)12-6-8-13(9-7-12)20(4)16(15-10-14(21)11-26-15)23-18(22)24(5)17(20)25;2*1-17(11-4-3-5-12(8-11)31-19(23,24)25)14(15(30)29(2)16(26)28-17)10-6-7-13(27-9-10)18(20,21)22/h3-8,11-12,18H,9-10,13H2,1-2H3,(H2,23,25)(H,24,28);2-3,5-7,9,11-12,17,24H,4,8,10,13H2,1H3,(H2,23,25);6-11,16H,1-5H3,(H2,22,23);2*3-9,14H,1-2H3,(H2,26,28)/t22-;;16-,20+;14-,17+;14-,17-/m0.101/s1. The number of nitrogens with one attached hydrogen (secondary N) is 2. The molecular formula is C101H103BrClF12N19O8S. The third kappa shape index (κ3) is 23.4. The smallest absolute Gasteiger partial charge is 0.406 e. The molecule has 17 rings (SSSR count). The van der Waals surface area contributed by atoms with E-state index in [4.69, 9.17) is 45.3 Å². The Bertz CT molecular complexity index is 6470. The zero-order valence-electron chi connectivity index (χ0n) is 79.3. The second kappa shape index (κ2) is 41.3. The monoisotopic (exact) mass is 2080 g/mol. The van der Waals surface area contributed by atoms with Gasteiger partial charge in [0, 0.05) is 91.5 Å². The maximum absolute atomic E-state index is 13.3. The summed E-state index contributed by atoms with van der Waals surface area (Å²) in [5.74, 6) is -4.50. The van der Waals surface area contributed by atoms with E-state index in [0.717, 1.165) is 146 Å². The van der Waals surface area contributed by atoms with Crippen LogP contribution in [0.15, 0.2) is 247 Å². The summed E-state index contributed by atoms with van der Waals surface area (Å²) in [7, 11) is 7.67. The van der Waals surface area contributed by atoms with E-state index in [-0.39, 0.29) is 99.5 Å². The average Bonchev–Trinajstić information content (AvgIpc) is 0.943. The van der Waals surface area contributed by atoms with Crippen LogP contribution >= 0.6 is 38.9 Å². The Morgan fingerprint density at radius 2 is 0.965 bits per heavy atom. The van der Waals surface area contributed by atoms with Gasteiger partial charge in [-0.15, -0.1) is 37.7 Å². The third-order valence-corrected chi connectivity index (χ3v) is 27.9. The highest BCUT2D eigenvalue weighted by Crippen LogP contribution is 2.52. The summed E-state index contributed by atoms with van der Waals surface area (Å²) in [5, 5.41) is 9.12. The second-order valence-electron chi connectivity index (χ2n) is 37.0. The van der Waals surface area contributed by atoms with Gasteiger partial charge in [0.1, 0.15) is 40.0 Å². The lowest BCUT2D eigenvalue weighted by Crippen LogP contribution is -2.55. The van der Waals surface area contributed by atoms with Crippen molar-refractivity contribution in [3.05, 3.63) is 294 Å². The van der Waals surface area contributed by atoms with Crippen LogP contribution in [0.25, 0.3) is 22.3 Å². The SMILES string of the molecule is CN1C(=O)C(c2cccc(-c3cccc(Cl)c3)c2)(C2CCCNC2)N=C1N.CN1C(=O)C[C@@](C)(c2cccc(-c3cccc(C(=O)NC4CC4)c3)c2)N=C1N.CN1C(=O)[C@@H](c2ccc(C(F)(F)F)nc2)[C@@](C)(c2cccc(OC(F)(F)F)c2)N=C1N.CN1C(=O)[C@@](C)(c2ccc(C(C)(C)C)cc2)[C@@H](c2cc(Br)cs2)N=C1N.CN1C(=O)[C@H](c2ccc(C(F)(F)F)nc2)[C@@](C)(c2cccc(OC(F)(F)F)c2)N=C1N. The molecule has 6 amide bonds. The first-order valence-electron chi connectivity index (χ1n) is 44.7. The molecule has 7 aromatic carbocycles. The summed E-state index contributed by atoms with van der Waals surface area (Å²) in [6.45, 7) is 15.0. The highest BCUT2D eigenvalue weighted by atomic mass is 79.9. The number of carbonyl (C=O) groups is 6. The van der Waals surface area contributed by atoms with Gasteiger partial charge in [-0.3, -0.25) is 63.2 Å². The fraction of sp³-hybridized carbons (Fsp3) is 0.337. The van der Waals surface area contributed by atoms with Crippen molar-refractivity contribution in [2.75, 3.05) is 48.3 Å². The van der Waals surface area contributed by atoms with Crippen LogP contribution in [-0.4, -0.2) is 167 Å². The number of likely N-dealkylation sites (N-methyl/N-ethyl adjacent to an activating group) is 4. The first-order chi connectivity index (χ1) is 66.9. The Labute approximate surface area is 833 Å². The molecule has 10 aromatic rings. The van der Waals surface area contributed by atoms with Gasteiger partial charge in [0.25, 0.3) is 11.8 Å². The predicted octanol–water partition coefficient (Wildman–Crippen LogP) is 17.8. The molecule has 6 aliphatic heterocycles. The van der Waals surface area contributed by atoms with E-state index in [1.54, 1.807) is 32.5 Å². The molecule has 3 aromatic heterocycles. The summed E-state index contributed by atoms with van der Waals surface area (Å²) in [6.07, 6.45) is -13.1. The van der Waals surface area contributed by atoms with E-state index in [1.165, 1.54) is 72.5 Å². The Kier molecular flexibility index (Phi) is 30.7. The first kappa shape index (κ1) is 107. The predicted molar refractivity (Wildman–Crippen MR) is 523 cm³/mol. The molecule has 0 bridgehead atoms. The Balaban J connectivity index is 0.000000150. The molecule has 143 heavy (non-hydrogen) atoms. The number of carbonyl (C=O) groups excluding carboxylic acids is 6. The zero-order chi connectivity index (χ0) is 105. The molecule has 1 aliphatic carbocycles. The number of amides is 6. The van der Waals surface area contributed by atoms with Crippen LogP contribution in [0.1, 0.15) is 170 Å². The lowest BCUT2D eigenvalue weighted by molar-refractivity contribution is -0.275. The number of ether oxygens (including phenoxy) is 2. The van der Waals surface area contributed by atoms with Crippen LogP contribution < -0.4 is 48.8 Å². The van der Waals surface area contributed by atoms with Crippen LogP contribution in [0.4, 0.5) is 52.7 Å². The van der Waals surface area contributed by atoms with Crippen molar-refractivity contribution in [3.63, 3.8) is 0 Å². The van der Waals surface area contributed by atoms with Gasteiger partial charge in [0.2, 0.25) is 23.6 Å². The number of thiophene rings is 1. The van der Waals surface area contributed by atoms with E-state index in [2.05, 4.69) is 111 Å². The van der Waals surface area contributed by atoms with Gasteiger partial charge in [0.05, 0.1) is 29.2 Å². The molecule has 9 atom stereocenters. The zero-order valence-corrected chi connectivity index (χ0v) is 82.5. The molecule has 12 N–H and O–H groups in total. The summed E-state index contributed by atoms with van der Waals surface area (Å²) in [6, 6.07) is 54.8. The molecule has 0 spiro atoms. The summed E-state index contributed by atoms with van der Waals surface area (Å²) < 4.78 is 162. The van der Waals surface area contributed by atoms with E-state index in [9.17, 15) is 81.5 Å². The second-order valence-corrected chi connectivity index (χ2v) is 39.3. The van der Waals surface area contributed by atoms with Gasteiger partial charge >= 0.3 is 25.1 Å². The largest absolute Gasteiger partial charge is 0.573 e. The number of piperidine rings is 1. The number of nitrogens with two attached hydrogens (primary N) is 5. The van der Waals surface area contributed by atoms with Gasteiger partial charge in [-0.05, 0) is 227 Å². The molecule has 42 heteroatoms. The molecular weight excluding hydrogens is 1980 g/mol. The quantitative estimate of drug-likeness (QED) is 0.0469.